The summed E-state index contributed by atoms with van der Waals surface area (Å²) in [4.78, 5) is 27.5. The number of carbonyl (C=O) groups excluding carboxylic acids is 2. The maximum Gasteiger partial charge on any atom is 0.336 e. The van der Waals surface area contributed by atoms with Crippen molar-refractivity contribution >= 4 is 11.8 Å². The van der Waals surface area contributed by atoms with Gasteiger partial charge in [-0.1, -0.05) is 36.4 Å². The van der Waals surface area contributed by atoms with E-state index in [1.54, 1.807) is 7.11 Å². The quantitative estimate of drug-likeness (QED) is 0.293. The molecule has 3 aliphatic rings. The summed E-state index contributed by atoms with van der Waals surface area (Å²) in [6.45, 7) is 2.26. The Morgan fingerprint density at radius 1 is 0.902 bits per heavy atom. The molecule has 8 nitrogen and oxygen atoms in total. The molecule has 6 rings (SSSR count). The molecule has 3 aromatic carbocycles. The SMILES string of the molecule is COc1ccc([C@@H]2CC(=O)C3=C(C2)NC(C)=C(C(=O)OCCOc2ccccc2)[C@@H]3c2ccc3c(c2)OCO3)cc1. The first kappa shape index (κ1) is 26.5. The highest BCUT2D eigenvalue weighted by molar-refractivity contribution is 6.04. The molecular weight excluding hydrogens is 522 g/mol. The summed E-state index contributed by atoms with van der Waals surface area (Å²) in [6, 6.07) is 22.7. The second-order valence-corrected chi connectivity index (χ2v) is 10.2. The molecule has 1 aliphatic carbocycles. The van der Waals surface area contributed by atoms with Crippen LogP contribution >= 0.6 is 0 Å². The summed E-state index contributed by atoms with van der Waals surface area (Å²) in [5, 5.41) is 3.40. The fraction of sp³-hybridized carbons (Fsp3) is 0.273. The summed E-state index contributed by atoms with van der Waals surface area (Å²) >= 11 is 0. The van der Waals surface area contributed by atoms with E-state index in [9.17, 15) is 9.59 Å². The summed E-state index contributed by atoms with van der Waals surface area (Å²) < 4.78 is 27.8. The van der Waals surface area contributed by atoms with Gasteiger partial charge in [0, 0.05) is 29.3 Å². The molecule has 0 fully saturated rings. The number of esters is 1. The number of hydrogen-bond donors (Lipinski definition) is 1. The monoisotopic (exact) mass is 553 g/mol. The van der Waals surface area contributed by atoms with Crippen LogP contribution in [0.1, 0.15) is 42.7 Å². The van der Waals surface area contributed by atoms with Crippen molar-refractivity contribution in [3.63, 3.8) is 0 Å². The van der Waals surface area contributed by atoms with Crippen molar-refractivity contribution in [1.29, 1.82) is 0 Å². The zero-order chi connectivity index (χ0) is 28.3. The molecule has 0 saturated carbocycles. The normalized spacial score (nSPS) is 19.4. The third-order valence-corrected chi connectivity index (χ3v) is 7.69. The summed E-state index contributed by atoms with van der Waals surface area (Å²) in [5.74, 6) is 1.59. The molecule has 2 aliphatic heterocycles. The average molecular weight is 554 g/mol. The van der Waals surface area contributed by atoms with Gasteiger partial charge in [-0.05, 0) is 66.8 Å². The number of hydrogen-bond acceptors (Lipinski definition) is 8. The van der Waals surface area contributed by atoms with Crippen molar-refractivity contribution in [1.82, 2.24) is 5.32 Å². The Morgan fingerprint density at radius 2 is 1.66 bits per heavy atom. The van der Waals surface area contributed by atoms with Crippen molar-refractivity contribution < 1.29 is 33.3 Å². The molecule has 1 N–H and O–H groups in total. The molecular formula is C33H31NO7. The molecule has 0 radical (unpaired) electrons. The van der Waals surface area contributed by atoms with Gasteiger partial charge in [0.1, 0.15) is 24.7 Å². The number of nitrogens with one attached hydrogen (secondary N) is 1. The van der Waals surface area contributed by atoms with Gasteiger partial charge in [0.25, 0.3) is 0 Å². The predicted octanol–water partition coefficient (Wildman–Crippen LogP) is 5.41. The lowest BCUT2D eigenvalue weighted by atomic mass is 9.71. The van der Waals surface area contributed by atoms with Crippen LogP contribution in [-0.4, -0.2) is 38.9 Å². The Labute approximate surface area is 238 Å². The van der Waals surface area contributed by atoms with E-state index in [0.29, 0.717) is 46.9 Å². The molecule has 2 heterocycles. The number of dihydropyridines is 1. The Morgan fingerprint density at radius 3 is 2.44 bits per heavy atom. The first-order valence-electron chi connectivity index (χ1n) is 13.6. The molecule has 3 aromatic rings. The maximum absolute atomic E-state index is 13.9. The molecule has 0 spiro atoms. The first-order valence-corrected chi connectivity index (χ1v) is 13.6. The zero-order valence-corrected chi connectivity index (χ0v) is 23.0. The largest absolute Gasteiger partial charge is 0.497 e. The van der Waals surface area contributed by atoms with Crippen molar-refractivity contribution in [3.05, 3.63) is 106 Å². The fourth-order valence-electron chi connectivity index (χ4n) is 5.74. The Hall–Kier alpha value is -4.72. The number of rotatable bonds is 8. The van der Waals surface area contributed by atoms with Crippen LogP contribution in [0.25, 0.3) is 0 Å². The van der Waals surface area contributed by atoms with Gasteiger partial charge in [-0.25, -0.2) is 4.79 Å². The molecule has 41 heavy (non-hydrogen) atoms. The van der Waals surface area contributed by atoms with E-state index in [4.69, 9.17) is 23.7 Å². The smallest absolute Gasteiger partial charge is 0.336 e. The molecule has 210 valence electrons. The fourth-order valence-corrected chi connectivity index (χ4v) is 5.74. The molecule has 0 saturated heterocycles. The van der Waals surface area contributed by atoms with E-state index < -0.39 is 11.9 Å². The molecule has 0 aromatic heterocycles. The second-order valence-electron chi connectivity index (χ2n) is 10.2. The van der Waals surface area contributed by atoms with Gasteiger partial charge in [-0.3, -0.25) is 4.79 Å². The number of allylic oxidation sites excluding steroid dienone is 3. The first-order chi connectivity index (χ1) is 20.0. The predicted molar refractivity (Wildman–Crippen MR) is 151 cm³/mol. The number of fused-ring (bicyclic) bond motifs is 1. The van der Waals surface area contributed by atoms with E-state index in [0.717, 1.165) is 22.6 Å². The van der Waals surface area contributed by atoms with E-state index in [-0.39, 0.29) is 31.7 Å². The number of Topliss-reactive ketones (excluding diaryl/α,β-unsaturated/α-hetero) is 1. The van der Waals surface area contributed by atoms with Gasteiger partial charge in [0.05, 0.1) is 12.7 Å². The number of carbonyl (C=O) groups is 2. The van der Waals surface area contributed by atoms with E-state index in [1.807, 2.05) is 79.7 Å². The van der Waals surface area contributed by atoms with Crippen molar-refractivity contribution in [2.24, 2.45) is 0 Å². The highest BCUT2D eigenvalue weighted by Crippen LogP contribution is 2.47. The minimum absolute atomic E-state index is 0.00699. The van der Waals surface area contributed by atoms with Crippen LogP contribution in [0.3, 0.4) is 0 Å². The van der Waals surface area contributed by atoms with Crippen molar-refractivity contribution in [2.45, 2.75) is 31.6 Å². The van der Waals surface area contributed by atoms with Gasteiger partial charge >= 0.3 is 5.97 Å². The van der Waals surface area contributed by atoms with Crippen LogP contribution in [0.2, 0.25) is 0 Å². The van der Waals surface area contributed by atoms with Gasteiger partial charge in [0.15, 0.2) is 17.3 Å². The lowest BCUT2D eigenvalue weighted by Crippen LogP contribution is -2.36. The van der Waals surface area contributed by atoms with E-state index in [2.05, 4.69) is 5.32 Å². The molecule has 2 atom stereocenters. The third-order valence-electron chi connectivity index (χ3n) is 7.69. The standard InChI is InChI=1S/C33H31NO7/c1-20-30(33(36)39-15-14-38-25-6-4-3-5-7-25)31(22-10-13-28-29(18-22)41-19-40-28)32-26(34-20)16-23(17-27(32)35)21-8-11-24(37-2)12-9-21/h3-13,18,23,31,34H,14-17,19H2,1-2H3/t23-,31-/m0/s1. The highest BCUT2D eigenvalue weighted by Gasteiger charge is 2.42. The summed E-state index contributed by atoms with van der Waals surface area (Å²) in [7, 11) is 1.63. The van der Waals surface area contributed by atoms with Crippen molar-refractivity contribution in [3.8, 4) is 23.0 Å². The number of ether oxygens (including phenoxy) is 5. The number of ketones is 1. The van der Waals surface area contributed by atoms with Gasteiger partial charge in [-0.15, -0.1) is 0 Å². The van der Waals surface area contributed by atoms with Crippen LogP contribution in [0.15, 0.2) is 95.3 Å². The van der Waals surface area contributed by atoms with Gasteiger partial charge < -0.3 is 29.0 Å². The van der Waals surface area contributed by atoms with Crippen LogP contribution in [0.5, 0.6) is 23.0 Å². The minimum Gasteiger partial charge on any atom is -0.497 e. The van der Waals surface area contributed by atoms with Gasteiger partial charge in [0.2, 0.25) is 6.79 Å². The molecule has 8 heteroatoms. The maximum atomic E-state index is 13.9. The summed E-state index contributed by atoms with van der Waals surface area (Å²) in [5.41, 5.74) is 4.31. The minimum atomic E-state index is -0.604. The molecule has 0 bridgehead atoms. The van der Waals surface area contributed by atoms with Crippen LogP contribution < -0.4 is 24.3 Å². The topological polar surface area (TPSA) is 92.3 Å². The summed E-state index contributed by atoms with van der Waals surface area (Å²) in [6.07, 6.45) is 0.971. The molecule has 0 amide bonds. The zero-order valence-electron chi connectivity index (χ0n) is 23.0. The van der Waals surface area contributed by atoms with E-state index in [1.165, 1.54) is 0 Å². The van der Waals surface area contributed by atoms with Crippen LogP contribution in [-0.2, 0) is 14.3 Å². The Bertz CT molecular complexity index is 1520. The number of benzene rings is 3. The second kappa shape index (κ2) is 11.4. The lowest BCUT2D eigenvalue weighted by Gasteiger charge is -2.36. The number of methoxy groups -OCH3 is 1. The van der Waals surface area contributed by atoms with Crippen LogP contribution in [0.4, 0.5) is 0 Å². The van der Waals surface area contributed by atoms with E-state index >= 15 is 0 Å². The highest BCUT2D eigenvalue weighted by atomic mass is 16.7. The van der Waals surface area contributed by atoms with Gasteiger partial charge in [-0.2, -0.15) is 0 Å². The third kappa shape index (κ3) is 5.37. The Kier molecular flexibility index (Phi) is 7.37. The Balaban J connectivity index is 1.29. The number of para-hydroxylation sites is 1. The molecule has 0 unspecified atom stereocenters. The lowest BCUT2D eigenvalue weighted by molar-refractivity contribution is -0.140. The van der Waals surface area contributed by atoms with Crippen molar-refractivity contribution in [2.75, 3.05) is 27.1 Å². The van der Waals surface area contributed by atoms with Crippen LogP contribution in [0, 0.1) is 0 Å². The average Bonchev–Trinajstić information content (AvgIpc) is 3.47.